The van der Waals surface area contributed by atoms with Gasteiger partial charge in [0, 0.05) is 26.0 Å². The fourth-order valence-corrected chi connectivity index (χ4v) is 6.75. The summed E-state index contributed by atoms with van der Waals surface area (Å²) in [6.07, 6.45) is 7.55. The molecule has 4 amide bonds. The van der Waals surface area contributed by atoms with E-state index in [2.05, 4.69) is 15.4 Å². The highest BCUT2D eigenvalue weighted by Crippen LogP contribution is 2.46. The van der Waals surface area contributed by atoms with Crippen LogP contribution < -0.4 is 15.4 Å². The van der Waals surface area contributed by atoms with E-state index < -0.39 is 68.4 Å². The van der Waals surface area contributed by atoms with E-state index in [-0.39, 0.29) is 25.3 Å². The Bertz CT molecular complexity index is 1150. The standard InChI is InChI=1S/C27H42N4O8S/c1-26(2,3)39-25(35)28-20-11-9-7-5-6-8-10-17-15-27(17,24(34)30-40(36,37)19-12-13-19)29-22(32)21-14-18(38-4)16-31(21)23(20)33/h8,10,17-21H,5-7,9,11-16H2,1-4H3,(H,28,35)(H,29,32)(H,30,34)/b10-8-/t17-,18+,20-,21-,27+/m0/s1. The third-order valence-corrected chi connectivity index (χ3v) is 9.69. The third-order valence-electron chi connectivity index (χ3n) is 7.87. The summed E-state index contributed by atoms with van der Waals surface area (Å²) in [4.78, 5) is 54.8. The Hall–Kier alpha value is -2.67. The fourth-order valence-electron chi connectivity index (χ4n) is 5.38. The van der Waals surface area contributed by atoms with Gasteiger partial charge in [0.1, 0.15) is 23.2 Å². The number of fused-ring (bicyclic) bond motifs is 2. The van der Waals surface area contributed by atoms with Gasteiger partial charge in [0.05, 0.1) is 11.4 Å². The van der Waals surface area contributed by atoms with Crippen molar-refractivity contribution < 1.29 is 37.1 Å². The molecule has 2 heterocycles. The number of sulfonamides is 1. The molecule has 224 valence electrons. The van der Waals surface area contributed by atoms with Gasteiger partial charge in [0.25, 0.3) is 5.91 Å². The molecule has 12 nitrogen and oxygen atoms in total. The van der Waals surface area contributed by atoms with Crippen LogP contribution in [0, 0.1) is 5.92 Å². The molecule has 3 fully saturated rings. The van der Waals surface area contributed by atoms with Crippen LogP contribution in [0.3, 0.4) is 0 Å². The Balaban J connectivity index is 1.58. The van der Waals surface area contributed by atoms with Crippen LogP contribution in [0.5, 0.6) is 0 Å². The van der Waals surface area contributed by atoms with Crippen LogP contribution in [0.2, 0.25) is 0 Å². The first-order chi connectivity index (χ1) is 18.8. The first-order valence-electron chi connectivity index (χ1n) is 14.1. The Labute approximate surface area is 236 Å². The average Bonchev–Trinajstić information content (AvgIpc) is 3.77. The summed E-state index contributed by atoms with van der Waals surface area (Å²) in [6.45, 7) is 5.33. The summed E-state index contributed by atoms with van der Waals surface area (Å²) in [7, 11) is -2.32. The second-order valence-electron chi connectivity index (χ2n) is 12.3. The van der Waals surface area contributed by atoms with E-state index in [1.54, 1.807) is 20.8 Å². The number of amides is 4. The van der Waals surface area contributed by atoms with E-state index in [0.29, 0.717) is 25.7 Å². The number of alkyl carbamates (subject to hydrolysis) is 1. The number of carbonyl (C=O) groups excluding carboxylic acids is 4. The zero-order valence-electron chi connectivity index (χ0n) is 23.7. The lowest BCUT2D eigenvalue weighted by Crippen LogP contribution is -2.58. The highest BCUT2D eigenvalue weighted by atomic mass is 32.2. The van der Waals surface area contributed by atoms with Gasteiger partial charge in [-0.25, -0.2) is 13.2 Å². The first kappa shape index (κ1) is 30.3. The quantitative estimate of drug-likeness (QED) is 0.411. The number of rotatable bonds is 5. The van der Waals surface area contributed by atoms with Gasteiger partial charge in [-0.1, -0.05) is 25.0 Å². The molecule has 2 aliphatic heterocycles. The van der Waals surface area contributed by atoms with Gasteiger partial charge in [-0.15, -0.1) is 0 Å². The number of hydrogen-bond acceptors (Lipinski definition) is 8. The van der Waals surface area contributed by atoms with Crippen molar-refractivity contribution in [2.75, 3.05) is 13.7 Å². The monoisotopic (exact) mass is 582 g/mol. The minimum atomic E-state index is -3.81. The molecule has 2 aliphatic carbocycles. The molecule has 0 radical (unpaired) electrons. The van der Waals surface area contributed by atoms with E-state index in [1.165, 1.54) is 12.0 Å². The van der Waals surface area contributed by atoms with Gasteiger partial charge < -0.3 is 25.0 Å². The molecule has 1 saturated heterocycles. The molecule has 4 rings (SSSR count). The molecule has 0 aromatic heterocycles. The van der Waals surface area contributed by atoms with E-state index in [9.17, 15) is 27.6 Å². The molecule has 0 unspecified atom stereocenters. The van der Waals surface area contributed by atoms with Gasteiger partial charge in [0.2, 0.25) is 21.8 Å². The second-order valence-corrected chi connectivity index (χ2v) is 14.3. The van der Waals surface area contributed by atoms with Crippen LogP contribution in [-0.4, -0.2) is 85.4 Å². The van der Waals surface area contributed by atoms with Crippen molar-refractivity contribution in [3.8, 4) is 0 Å². The number of ether oxygens (including phenoxy) is 2. The molecule has 40 heavy (non-hydrogen) atoms. The molecule has 5 atom stereocenters. The Morgan fingerprint density at radius 3 is 2.50 bits per heavy atom. The first-order valence-corrected chi connectivity index (χ1v) is 15.7. The summed E-state index contributed by atoms with van der Waals surface area (Å²) in [5.74, 6) is -2.11. The SMILES string of the molecule is CO[C@@H]1C[C@H]2C(=O)N[C@]3(C(=O)NS(=O)(=O)C4CC4)C[C@@H]3/C=C\CCCCC[C@H](NC(=O)OC(C)(C)C)C(=O)N2C1. The molecule has 2 saturated carbocycles. The predicted octanol–water partition coefficient (Wildman–Crippen LogP) is 1.50. The largest absolute Gasteiger partial charge is 0.444 e. The van der Waals surface area contributed by atoms with Gasteiger partial charge in [-0.05, 0) is 59.3 Å². The number of allylic oxidation sites excluding steroid dienone is 1. The van der Waals surface area contributed by atoms with Gasteiger partial charge in [0.15, 0.2) is 0 Å². The highest BCUT2D eigenvalue weighted by Gasteiger charge is 2.62. The molecule has 0 aromatic carbocycles. The van der Waals surface area contributed by atoms with E-state index >= 15 is 0 Å². The van der Waals surface area contributed by atoms with Crippen molar-refractivity contribution in [1.82, 2.24) is 20.3 Å². The maximum atomic E-state index is 13.8. The third kappa shape index (κ3) is 7.15. The lowest BCUT2D eigenvalue weighted by atomic mass is 10.0. The minimum absolute atomic E-state index is 0.137. The molecular weight excluding hydrogens is 540 g/mol. The summed E-state index contributed by atoms with van der Waals surface area (Å²) in [6, 6.07) is -1.86. The normalized spacial score (nSPS) is 32.5. The second kappa shape index (κ2) is 11.7. The molecule has 0 aromatic rings. The number of nitrogens with one attached hydrogen (secondary N) is 3. The Kier molecular flexibility index (Phi) is 8.84. The fraction of sp³-hybridized carbons (Fsp3) is 0.778. The van der Waals surface area contributed by atoms with E-state index in [0.717, 1.165) is 19.3 Å². The molecule has 3 N–H and O–H groups in total. The van der Waals surface area contributed by atoms with Crippen molar-refractivity contribution in [2.24, 2.45) is 5.92 Å². The lowest BCUT2D eigenvalue weighted by molar-refractivity contribution is -0.141. The van der Waals surface area contributed by atoms with Crippen LogP contribution in [0.25, 0.3) is 0 Å². The molecule has 0 bridgehead atoms. The van der Waals surface area contributed by atoms with Crippen LogP contribution in [0.15, 0.2) is 12.2 Å². The van der Waals surface area contributed by atoms with Crippen LogP contribution in [0.4, 0.5) is 4.79 Å². The summed E-state index contributed by atoms with van der Waals surface area (Å²) in [5, 5.41) is 4.92. The summed E-state index contributed by atoms with van der Waals surface area (Å²) >= 11 is 0. The van der Waals surface area contributed by atoms with Crippen LogP contribution in [0.1, 0.15) is 78.6 Å². The van der Waals surface area contributed by atoms with Crippen LogP contribution in [-0.2, 0) is 33.9 Å². The Morgan fingerprint density at radius 1 is 1.12 bits per heavy atom. The topological polar surface area (TPSA) is 160 Å². The molecule has 13 heteroatoms. The number of nitrogens with zero attached hydrogens (tertiary/aromatic N) is 1. The molecule has 4 aliphatic rings. The van der Waals surface area contributed by atoms with Crippen molar-refractivity contribution in [1.29, 1.82) is 0 Å². The van der Waals surface area contributed by atoms with Gasteiger partial charge in [-0.2, -0.15) is 0 Å². The zero-order chi connectivity index (χ0) is 29.3. The van der Waals surface area contributed by atoms with E-state index in [4.69, 9.17) is 9.47 Å². The van der Waals surface area contributed by atoms with Crippen molar-refractivity contribution in [3.05, 3.63) is 12.2 Å². The van der Waals surface area contributed by atoms with Gasteiger partial charge in [-0.3, -0.25) is 19.1 Å². The van der Waals surface area contributed by atoms with E-state index in [1.807, 2.05) is 12.2 Å². The maximum Gasteiger partial charge on any atom is 0.408 e. The average molecular weight is 583 g/mol. The Morgan fingerprint density at radius 2 is 1.85 bits per heavy atom. The van der Waals surface area contributed by atoms with Crippen molar-refractivity contribution >= 4 is 33.8 Å². The number of hydrogen-bond donors (Lipinski definition) is 3. The summed E-state index contributed by atoms with van der Waals surface area (Å²) in [5.41, 5.74) is -2.16. The number of methoxy groups -OCH3 is 1. The highest BCUT2D eigenvalue weighted by molar-refractivity contribution is 7.91. The number of carbonyl (C=O) groups is 4. The minimum Gasteiger partial charge on any atom is -0.444 e. The van der Waals surface area contributed by atoms with Crippen molar-refractivity contribution in [3.63, 3.8) is 0 Å². The summed E-state index contributed by atoms with van der Waals surface area (Å²) < 4.78 is 38.1. The molecule has 0 spiro atoms. The van der Waals surface area contributed by atoms with Crippen LogP contribution >= 0.6 is 0 Å². The molecular formula is C27H42N4O8S. The predicted molar refractivity (Wildman–Crippen MR) is 145 cm³/mol. The maximum absolute atomic E-state index is 13.8. The smallest absolute Gasteiger partial charge is 0.408 e. The van der Waals surface area contributed by atoms with Gasteiger partial charge >= 0.3 is 6.09 Å². The lowest BCUT2D eigenvalue weighted by Gasteiger charge is -2.30. The van der Waals surface area contributed by atoms with Crippen molar-refractivity contribution in [2.45, 2.75) is 113 Å². The zero-order valence-corrected chi connectivity index (χ0v) is 24.6.